The van der Waals surface area contributed by atoms with Crippen LogP contribution in [0.5, 0.6) is 5.75 Å². The predicted octanol–water partition coefficient (Wildman–Crippen LogP) is 4.44. The Balaban J connectivity index is 1.95. The second-order valence-electron chi connectivity index (χ2n) is 6.33. The summed E-state index contributed by atoms with van der Waals surface area (Å²) in [5.74, 6) is 0.797. The van der Waals surface area contributed by atoms with Crippen LogP contribution in [0.2, 0.25) is 0 Å². The van der Waals surface area contributed by atoms with Gasteiger partial charge in [0.05, 0.1) is 12.3 Å². The Morgan fingerprint density at radius 3 is 2.70 bits per heavy atom. The molecular weight excluding hydrogens is 248 g/mol. The number of nitrogens with one attached hydrogen (secondary N) is 1. The number of nitrogens with two attached hydrogens (primary N) is 1. The normalized spacial score (nSPS) is 17.7. The van der Waals surface area contributed by atoms with E-state index in [-0.39, 0.29) is 0 Å². The topological polar surface area (TPSA) is 47.3 Å². The fraction of sp³-hybridized carbons (Fsp3) is 0.647. The molecular formula is C17H28N2O. The molecule has 0 radical (unpaired) electrons. The number of rotatable bonds is 6. The van der Waals surface area contributed by atoms with Gasteiger partial charge in [0.2, 0.25) is 0 Å². The molecule has 1 aliphatic carbocycles. The van der Waals surface area contributed by atoms with Crippen LogP contribution in [0.1, 0.15) is 52.4 Å². The molecule has 112 valence electrons. The maximum atomic E-state index is 5.94. The average Bonchev–Trinajstić information content (AvgIpc) is 2.46. The van der Waals surface area contributed by atoms with Gasteiger partial charge in [0.15, 0.2) is 0 Å². The lowest BCUT2D eigenvalue weighted by molar-refractivity contribution is 0.233. The number of anilines is 2. The third-order valence-electron chi connectivity index (χ3n) is 4.26. The quantitative estimate of drug-likeness (QED) is 0.755. The summed E-state index contributed by atoms with van der Waals surface area (Å²) in [6, 6.07) is 5.99. The number of hydrogen-bond acceptors (Lipinski definition) is 3. The van der Waals surface area contributed by atoms with Gasteiger partial charge in [0.25, 0.3) is 0 Å². The van der Waals surface area contributed by atoms with Crippen LogP contribution in [-0.2, 0) is 0 Å². The molecule has 0 bridgehead atoms. The van der Waals surface area contributed by atoms with Crippen LogP contribution in [0.15, 0.2) is 18.2 Å². The van der Waals surface area contributed by atoms with Crippen molar-refractivity contribution in [3.63, 3.8) is 0 Å². The lowest BCUT2D eigenvalue weighted by atomic mass is 9.76. The minimum atomic E-state index is 0.435. The van der Waals surface area contributed by atoms with Gasteiger partial charge in [0, 0.05) is 18.3 Å². The van der Waals surface area contributed by atoms with Gasteiger partial charge in [-0.3, -0.25) is 0 Å². The maximum Gasteiger partial charge on any atom is 0.144 e. The standard InChI is InChI=1S/C17H28N2O/c1-3-11-20-16-12-14(7-8-15(16)18)19-13-17(2)9-5-4-6-10-17/h7-8,12,19H,3-6,9-11,13,18H2,1-2H3. The molecule has 3 heteroatoms. The number of ether oxygens (including phenoxy) is 1. The molecule has 3 nitrogen and oxygen atoms in total. The third-order valence-corrected chi connectivity index (χ3v) is 4.26. The van der Waals surface area contributed by atoms with E-state index in [1.807, 2.05) is 18.2 Å². The summed E-state index contributed by atoms with van der Waals surface area (Å²) in [7, 11) is 0. The Morgan fingerprint density at radius 1 is 1.25 bits per heavy atom. The molecule has 2 rings (SSSR count). The zero-order valence-electron chi connectivity index (χ0n) is 12.9. The van der Waals surface area contributed by atoms with Crippen molar-refractivity contribution < 1.29 is 4.74 Å². The summed E-state index contributed by atoms with van der Waals surface area (Å²) in [4.78, 5) is 0. The van der Waals surface area contributed by atoms with Gasteiger partial charge >= 0.3 is 0 Å². The van der Waals surface area contributed by atoms with Crippen molar-refractivity contribution in [1.82, 2.24) is 0 Å². The van der Waals surface area contributed by atoms with E-state index < -0.39 is 0 Å². The largest absolute Gasteiger partial charge is 0.491 e. The van der Waals surface area contributed by atoms with E-state index in [9.17, 15) is 0 Å². The monoisotopic (exact) mass is 276 g/mol. The molecule has 1 aromatic rings. The van der Waals surface area contributed by atoms with Crippen LogP contribution in [0.25, 0.3) is 0 Å². The Hall–Kier alpha value is -1.38. The zero-order chi connectivity index (χ0) is 14.4. The van der Waals surface area contributed by atoms with Gasteiger partial charge in [0.1, 0.15) is 5.75 Å². The predicted molar refractivity (Wildman–Crippen MR) is 86.3 cm³/mol. The first kappa shape index (κ1) is 15.0. The third kappa shape index (κ3) is 4.06. The van der Waals surface area contributed by atoms with E-state index in [1.165, 1.54) is 32.1 Å². The van der Waals surface area contributed by atoms with E-state index in [0.29, 0.717) is 17.7 Å². The summed E-state index contributed by atoms with van der Waals surface area (Å²) in [6.07, 6.45) is 7.78. The van der Waals surface area contributed by atoms with E-state index in [2.05, 4.69) is 19.2 Å². The minimum absolute atomic E-state index is 0.435. The molecule has 20 heavy (non-hydrogen) atoms. The molecule has 0 atom stereocenters. The van der Waals surface area contributed by atoms with E-state index >= 15 is 0 Å². The molecule has 1 fully saturated rings. The van der Waals surface area contributed by atoms with Gasteiger partial charge in [-0.25, -0.2) is 0 Å². The number of nitrogen functional groups attached to an aromatic ring is 1. The first-order chi connectivity index (χ1) is 9.63. The van der Waals surface area contributed by atoms with Crippen LogP contribution >= 0.6 is 0 Å². The van der Waals surface area contributed by atoms with Crippen LogP contribution in [0, 0.1) is 5.41 Å². The summed E-state index contributed by atoms with van der Waals surface area (Å²) in [5, 5.41) is 3.56. The van der Waals surface area contributed by atoms with Crippen LogP contribution in [0.4, 0.5) is 11.4 Å². The molecule has 1 aromatic carbocycles. The SMILES string of the molecule is CCCOc1cc(NCC2(C)CCCCC2)ccc1N. The molecule has 0 unspecified atom stereocenters. The van der Waals surface area contributed by atoms with Crippen molar-refractivity contribution in [2.24, 2.45) is 5.41 Å². The molecule has 1 saturated carbocycles. The van der Waals surface area contributed by atoms with Gasteiger partial charge < -0.3 is 15.8 Å². The summed E-state index contributed by atoms with van der Waals surface area (Å²) in [6.45, 7) is 6.24. The van der Waals surface area contributed by atoms with Crippen molar-refractivity contribution in [3.8, 4) is 5.75 Å². The molecule has 0 aliphatic heterocycles. The summed E-state index contributed by atoms with van der Waals surface area (Å²) in [5.41, 5.74) is 8.20. The highest BCUT2D eigenvalue weighted by Gasteiger charge is 2.26. The van der Waals surface area contributed by atoms with Crippen molar-refractivity contribution in [1.29, 1.82) is 0 Å². The highest BCUT2D eigenvalue weighted by atomic mass is 16.5. The van der Waals surface area contributed by atoms with Crippen LogP contribution in [0.3, 0.4) is 0 Å². The molecule has 0 amide bonds. The summed E-state index contributed by atoms with van der Waals surface area (Å²) >= 11 is 0. The van der Waals surface area contributed by atoms with E-state index in [4.69, 9.17) is 10.5 Å². The Labute approximate surface area is 122 Å². The fourth-order valence-corrected chi connectivity index (χ4v) is 2.88. The lowest BCUT2D eigenvalue weighted by Crippen LogP contribution is -2.28. The highest BCUT2D eigenvalue weighted by molar-refractivity contribution is 5.61. The fourth-order valence-electron chi connectivity index (χ4n) is 2.88. The smallest absolute Gasteiger partial charge is 0.144 e. The molecule has 0 saturated heterocycles. The number of hydrogen-bond donors (Lipinski definition) is 2. The van der Waals surface area contributed by atoms with Gasteiger partial charge in [-0.1, -0.05) is 33.1 Å². The van der Waals surface area contributed by atoms with Crippen molar-refractivity contribution >= 4 is 11.4 Å². The first-order valence-corrected chi connectivity index (χ1v) is 7.89. The lowest BCUT2D eigenvalue weighted by Gasteiger charge is -2.34. The summed E-state index contributed by atoms with van der Waals surface area (Å²) < 4.78 is 5.68. The molecule has 0 spiro atoms. The van der Waals surface area contributed by atoms with Crippen molar-refractivity contribution in [2.45, 2.75) is 52.4 Å². The van der Waals surface area contributed by atoms with Gasteiger partial charge in [-0.05, 0) is 36.8 Å². The minimum Gasteiger partial charge on any atom is -0.491 e. The van der Waals surface area contributed by atoms with Crippen LogP contribution in [-0.4, -0.2) is 13.2 Å². The Morgan fingerprint density at radius 2 is 2.00 bits per heavy atom. The molecule has 0 aromatic heterocycles. The van der Waals surface area contributed by atoms with Crippen molar-refractivity contribution in [3.05, 3.63) is 18.2 Å². The Bertz CT molecular complexity index is 425. The number of benzene rings is 1. The first-order valence-electron chi connectivity index (χ1n) is 7.89. The highest BCUT2D eigenvalue weighted by Crippen LogP contribution is 2.36. The van der Waals surface area contributed by atoms with E-state index in [1.54, 1.807) is 0 Å². The van der Waals surface area contributed by atoms with Crippen molar-refractivity contribution in [2.75, 3.05) is 24.2 Å². The van der Waals surface area contributed by atoms with Crippen LogP contribution < -0.4 is 15.8 Å². The Kier molecular flexibility index (Phi) is 5.16. The molecule has 1 aliphatic rings. The molecule has 3 N–H and O–H groups in total. The average molecular weight is 276 g/mol. The second kappa shape index (κ2) is 6.87. The van der Waals surface area contributed by atoms with Gasteiger partial charge in [-0.2, -0.15) is 0 Å². The van der Waals surface area contributed by atoms with Gasteiger partial charge in [-0.15, -0.1) is 0 Å². The van der Waals surface area contributed by atoms with E-state index in [0.717, 1.165) is 24.4 Å². The zero-order valence-corrected chi connectivity index (χ0v) is 12.9. The molecule has 0 heterocycles. The second-order valence-corrected chi connectivity index (χ2v) is 6.33. The maximum absolute atomic E-state index is 5.94.